The van der Waals surface area contributed by atoms with Crippen molar-refractivity contribution in [1.29, 1.82) is 0 Å². The Labute approximate surface area is 199 Å². The summed E-state index contributed by atoms with van der Waals surface area (Å²) in [6.45, 7) is 7.54. The van der Waals surface area contributed by atoms with Gasteiger partial charge in [-0.1, -0.05) is 36.2 Å². The topological polar surface area (TPSA) is 67.9 Å². The number of hydrogen-bond donors (Lipinski definition) is 1. The van der Waals surface area contributed by atoms with Crippen LogP contribution in [0.2, 0.25) is 10.0 Å². The quantitative estimate of drug-likeness (QED) is 0.541. The molecule has 2 aromatic carbocycles. The standard InChI is InChI=1S/C24H30Cl2N2O4/c1-6-21(23(30)27-24(2,3)4)28(14-16-7-12-19(25)20(26)13-16)22(29)15-32-18-10-8-17(31-5)9-11-18/h7-13,21H,6,14-15H2,1-5H3,(H,27,30). The lowest BCUT2D eigenvalue weighted by Crippen LogP contribution is -2.54. The summed E-state index contributed by atoms with van der Waals surface area (Å²) >= 11 is 12.2. The van der Waals surface area contributed by atoms with Gasteiger partial charge in [-0.3, -0.25) is 9.59 Å². The van der Waals surface area contributed by atoms with Gasteiger partial charge in [-0.25, -0.2) is 0 Å². The molecule has 1 N–H and O–H groups in total. The molecular formula is C24H30Cl2N2O4. The van der Waals surface area contributed by atoms with Crippen molar-refractivity contribution >= 4 is 35.0 Å². The number of ether oxygens (including phenoxy) is 2. The van der Waals surface area contributed by atoms with Crippen LogP contribution in [-0.4, -0.2) is 42.0 Å². The summed E-state index contributed by atoms with van der Waals surface area (Å²) in [7, 11) is 1.58. The number of methoxy groups -OCH3 is 1. The monoisotopic (exact) mass is 480 g/mol. The zero-order valence-corrected chi connectivity index (χ0v) is 20.6. The predicted molar refractivity (Wildman–Crippen MR) is 127 cm³/mol. The summed E-state index contributed by atoms with van der Waals surface area (Å²) in [5, 5.41) is 3.78. The van der Waals surface area contributed by atoms with Gasteiger partial charge >= 0.3 is 0 Å². The molecule has 0 aliphatic rings. The molecule has 2 aromatic rings. The molecule has 2 amide bonds. The van der Waals surface area contributed by atoms with Crippen LogP contribution in [0.5, 0.6) is 11.5 Å². The van der Waals surface area contributed by atoms with E-state index in [4.69, 9.17) is 32.7 Å². The van der Waals surface area contributed by atoms with Gasteiger partial charge < -0.3 is 19.7 Å². The van der Waals surface area contributed by atoms with Gasteiger partial charge in [0.05, 0.1) is 17.2 Å². The van der Waals surface area contributed by atoms with Crippen LogP contribution >= 0.6 is 23.2 Å². The van der Waals surface area contributed by atoms with Crippen molar-refractivity contribution in [3.63, 3.8) is 0 Å². The molecule has 174 valence electrons. The number of amides is 2. The van der Waals surface area contributed by atoms with E-state index in [1.807, 2.05) is 27.7 Å². The van der Waals surface area contributed by atoms with Crippen LogP contribution in [0.25, 0.3) is 0 Å². The van der Waals surface area contributed by atoms with E-state index in [0.717, 1.165) is 5.56 Å². The average molecular weight is 481 g/mol. The highest BCUT2D eigenvalue weighted by molar-refractivity contribution is 6.42. The summed E-state index contributed by atoms with van der Waals surface area (Å²) in [4.78, 5) is 27.7. The van der Waals surface area contributed by atoms with Crippen LogP contribution in [0, 0.1) is 0 Å². The van der Waals surface area contributed by atoms with Crippen LogP contribution < -0.4 is 14.8 Å². The average Bonchev–Trinajstić information content (AvgIpc) is 2.73. The van der Waals surface area contributed by atoms with Crippen molar-refractivity contribution in [2.45, 2.75) is 52.2 Å². The first-order valence-electron chi connectivity index (χ1n) is 10.4. The van der Waals surface area contributed by atoms with E-state index >= 15 is 0 Å². The zero-order valence-electron chi connectivity index (χ0n) is 19.1. The normalized spacial score (nSPS) is 12.1. The lowest BCUT2D eigenvalue weighted by molar-refractivity contribution is -0.143. The molecule has 1 unspecified atom stereocenters. The van der Waals surface area contributed by atoms with E-state index in [2.05, 4.69) is 5.32 Å². The van der Waals surface area contributed by atoms with E-state index in [1.54, 1.807) is 49.6 Å². The van der Waals surface area contributed by atoms with Gasteiger partial charge in [0.25, 0.3) is 5.91 Å². The van der Waals surface area contributed by atoms with Gasteiger partial charge in [0.2, 0.25) is 5.91 Å². The van der Waals surface area contributed by atoms with E-state index in [1.165, 1.54) is 4.90 Å². The minimum absolute atomic E-state index is 0.192. The first kappa shape index (κ1) is 25.8. The molecule has 0 fully saturated rings. The molecule has 0 saturated heterocycles. The van der Waals surface area contributed by atoms with Crippen molar-refractivity contribution in [3.8, 4) is 11.5 Å². The second-order valence-electron chi connectivity index (χ2n) is 8.40. The minimum Gasteiger partial charge on any atom is -0.497 e. The summed E-state index contributed by atoms with van der Waals surface area (Å²) < 4.78 is 10.8. The molecule has 0 heterocycles. The van der Waals surface area contributed by atoms with Crippen LogP contribution in [0.4, 0.5) is 0 Å². The van der Waals surface area contributed by atoms with E-state index in [0.29, 0.717) is 28.0 Å². The van der Waals surface area contributed by atoms with Gasteiger partial charge in [-0.2, -0.15) is 0 Å². The third kappa shape index (κ3) is 7.61. The molecule has 0 saturated carbocycles. The van der Waals surface area contributed by atoms with Crippen molar-refractivity contribution < 1.29 is 19.1 Å². The van der Waals surface area contributed by atoms with Crippen molar-refractivity contribution in [1.82, 2.24) is 10.2 Å². The highest BCUT2D eigenvalue weighted by Gasteiger charge is 2.31. The van der Waals surface area contributed by atoms with E-state index in [-0.39, 0.29) is 25.0 Å². The Kier molecular flexibility index (Phi) is 9.22. The molecule has 2 rings (SSSR count). The molecule has 6 nitrogen and oxygen atoms in total. The first-order chi connectivity index (χ1) is 15.0. The van der Waals surface area contributed by atoms with Crippen LogP contribution in [-0.2, 0) is 16.1 Å². The van der Waals surface area contributed by atoms with Gasteiger partial charge in [0.15, 0.2) is 6.61 Å². The number of nitrogens with one attached hydrogen (secondary N) is 1. The number of carbonyl (C=O) groups excluding carboxylic acids is 2. The lowest BCUT2D eigenvalue weighted by atomic mass is 10.1. The second kappa shape index (κ2) is 11.4. The predicted octanol–water partition coefficient (Wildman–Crippen LogP) is 5.10. The van der Waals surface area contributed by atoms with E-state index in [9.17, 15) is 9.59 Å². The molecular weight excluding hydrogens is 451 g/mol. The van der Waals surface area contributed by atoms with Crippen molar-refractivity contribution in [3.05, 3.63) is 58.1 Å². The van der Waals surface area contributed by atoms with Gasteiger partial charge in [-0.15, -0.1) is 0 Å². The number of nitrogens with zero attached hydrogens (tertiary/aromatic N) is 1. The Hall–Kier alpha value is -2.44. The van der Waals surface area contributed by atoms with Crippen LogP contribution in [0.1, 0.15) is 39.7 Å². The zero-order chi connectivity index (χ0) is 23.9. The number of halogens is 2. The summed E-state index contributed by atoms with van der Waals surface area (Å²) in [5.41, 5.74) is 0.335. The molecule has 8 heteroatoms. The number of rotatable bonds is 9. The number of hydrogen-bond acceptors (Lipinski definition) is 4. The highest BCUT2D eigenvalue weighted by atomic mass is 35.5. The van der Waals surface area contributed by atoms with Crippen LogP contribution in [0.15, 0.2) is 42.5 Å². The first-order valence-corrected chi connectivity index (χ1v) is 11.1. The third-order valence-corrected chi connectivity index (χ3v) is 5.38. The molecule has 1 atom stereocenters. The summed E-state index contributed by atoms with van der Waals surface area (Å²) in [6.07, 6.45) is 0.442. The summed E-state index contributed by atoms with van der Waals surface area (Å²) in [5.74, 6) is 0.677. The SMILES string of the molecule is CCC(C(=O)NC(C)(C)C)N(Cc1ccc(Cl)c(Cl)c1)C(=O)COc1ccc(OC)cc1. The third-order valence-electron chi connectivity index (χ3n) is 4.64. The molecule has 32 heavy (non-hydrogen) atoms. The second-order valence-corrected chi connectivity index (χ2v) is 9.21. The maximum atomic E-state index is 13.2. The fraction of sp³-hybridized carbons (Fsp3) is 0.417. The van der Waals surface area contributed by atoms with Crippen LogP contribution in [0.3, 0.4) is 0 Å². The van der Waals surface area contributed by atoms with E-state index < -0.39 is 11.6 Å². The Balaban J connectivity index is 2.24. The Morgan fingerprint density at radius 2 is 1.66 bits per heavy atom. The van der Waals surface area contributed by atoms with Gasteiger partial charge in [-0.05, 0) is 69.2 Å². The number of benzene rings is 2. The Morgan fingerprint density at radius 1 is 1.03 bits per heavy atom. The Morgan fingerprint density at radius 3 is 2.19 bits per heavy atom. The maximum absolute atomic E-state index is 13.2. The molecule has 0 radical (unpaired) electrons. The fourth-order valence-electron chi connectivity index (χ4n) is 3.11. The summed E-state index contributed by atoms with van der Waals surface area (Å²) in [6, 6.07) is 11.4. The maximum Gasteiger partial charge on any atom is 0.261 e. The van der Waals surface area contributed by atoms with Crippen molar-refractivity contribution in [2.24, 2.45) is 0 Å². The molecule has 0 bridgehead atoms. The molecule has 0 aromatic heterocycles. The fourth-order valence-corrected chi connectivity index (χ4v) is 3.43. The van der Waals surface area contributed by atoms with Crippen molar-refractivity contribution in [2.75, 3.05) is 13.7 Å². The molecule has 0 spiro atoms. The highest BCUT2D eigenvalue weighted by Crippen LogP contribution is 2.24. The largest absolute Gasteiger partial charge is 0.497 e. The number of carbonyl (C=O) groups is 2. The minimum atomic E-state index is -0.671. The Bertz CT molecular complexity index is 927. The smallest absolute Gasteiger partial charge is 0.261 e. The van der Waals surface area contributed by atoms with Gasteiger partial charge in [0.1, 0.15) is 17.5 Å². The van der Waals surface area contributed by atoms with Gasteiger partial charge in [0, 0.05) is 12.1 Å². The molecule has 0 aliphatic carbocycles. The molecule has 0 aliphatic heterocycles. The lowest BCUT2D eigenvalue weighted by Gasteiger charge is -2.33.